The van der Waals surface area contributed by atoms with E-state index in [4.69, 9.17) is 18.9 Å². The summed E-state index contributed by atoms with van der Waals surface area (Å²) >= 11 is 0. The number of carbonyl (C=O) groups is 1. The van der Waals surface area contributed by atoms with E-state index < -0.39 is 74.6 Å². The Bertz CT molecular complexity index is 1290. The lowest BCUT2D eigenvalue weighted by atomic mass is 9.87. The molecule has 2 aromatic carbocycles. The number of benzene rings is 2. The fraction of sp³-hybridized carbons (Fsp3) is 0.552. The highest BCUT2D eigenvalue weighted by Crippen LogP contribution is 2.44. The summed E-state index contributed by atoms with van der Waals surface area (Å²) in [5, 5.41) is 82.4. The Hall–Kier alpha value is -3.05. The summed E-state index contributed by atoms with van der Waals surface area (Å²) < 4.78 is 22.5. The molecule has 43 heavy (non-hydrogen) atoms. The lowest BCUT2D eigenvalue weighted by molar-refractivity contribution is -0.289. The van der Waals surface area contributed by atoms with Crippen LogP contribution in [0, 0.1) is 0 Å². The second-order valence-corrected chi connectivity index (χ2v) is 11.2. The van der Waals surface area contributed by atoms with E-state index in [1.54, 1.807) is 23.1 Å². The third kappa shape index (κ3) is 6.16. The summed E-state index contributed by atoms with van der Waals surface area (Å²) in [5.74, 6) is -0.520. The van der Waals surface area contributed by atoms with Crippen molar-refractivity contribution in [3.8, 4) is 17.2 Å². The molecule has 0 aliphatic carbocycles. The number of ether oxygens (including phenoxy) is 4. The number of fused-ring (bicyclic) bond motifs is 1. The van der Waals surface area contributed by atoms with Crippen LogP contribution in [0.4, 0.5) is 0 Å². The molecule has 0 spiro atoms. The molecule has 5 rings (SSSR count). The van der Waals surface area contributed by atoms with Crippen LogP contribution < -0.4 is 4.74 Å². The van der Waals surface area contributed by atoms with Crippen LogP contribution in [0.25, 0.3) is 0 Å². The van der Waals surface area contributed by atoms with Crippen molar-refractivity contribution in [3.05, 3.63) is 53.1 Å². The zero-order valence-electron chi connectivity index (χ0n) is 23.4. The zero-order valence-corrected chi connectivity index (χ0v) is 23.4. The maximum atomic E-state index is 12.7. The highest BCUT2D eigenvalue weighted by molar-refractivity contribution is 5.75. The molecular formula is C29H37NO13. The lowest BCUT2D eigenvalue weighted by Crippen LogP contribution is -2.60. The molecule has 0 bridgehead atoms. The third-order valence-corrected chi connectivity index (χ3v) is 8.27. The molecule has 0 saturated carbocycles. The van der Waals surface area contributed by atoms with E-state index >= 15 is 0 Å². The second-order valence-electron chi connectivity index (χ2n) is 11.2. The Morgan fingerprint density at radius 3 is 2.40 bits per heavy atom. The number of phenols is 2. The quantitative estimate of drug-likeness (QED) is 0.170. The number of aliphatic hydroxyl groups excluding tert-OH is 5. The van der Waals surface area contributed by atoms with Crippen molar-refractivity contribution in [2.24, 2.45) is 0 Å². The monoisotopic (exact) mass is 607 g/mol. The molecule has 9 atom stereocenters. The number of nitrogens with zero attached hydrogens (tertiary/aromatic N) is 1. The average molecular weight is 608 g/mol. The summed E-state index contributed by atoms with van der Waals surface area (Å²) in [4.78, 5) is 14.3. The van der Waals surface area contributed by atoms with Gasteiger partial charge in [-0.25, -0.2) is 0 Å². The van der Waals surface area contributed by atoms with Crippen LogP contribution in [0.15, 0.2) is 36.4 Å². The first-order valence-electron chi connectivity index (χ1n) is 13.9. The van der Waals surface area contributed by atoms with Crippen LogP contribution in [-0.4, -0.2) is 127 Å². The molecule has 3 aliphatic heterocycles. The van der Waals surface area contributed by atoms with E-state index in [9.17, 15) is 45.6 Å². The van der Waals surface area contributed by atoms with Gasteiger partial charge in [-0.3, -0.25) is 4.79 Å². The van der Waals surface area contributed by atoms with Gasteiger partial charge >= 0.3 is 0 Å². The number of phenolic OH excluding ortho intramolecular Hbond substituents is 2. The van der Waals surface area contributed by atoms with E-state index in [0.29, 0.717) is 24.9 Å². The summed E-state index contributed by atoms with van der Waals surface area (Å²) in [6.07, 6.45) is -10.3. The maximum Gasteiger partial charge on any atom is 0.229 e. The van der Waals surface area contributed by atoms with Crippen LogP contribution in [0.1, 0.15) is 29.7 Å². The van der Waals surface area contributed by atoms with E-state index in [0.717, 1.165) is 11.1 Å². The number of rotatable bonds is 8. The molecule has 1 amide bonds. The third-order valence-electron chi connectivity index (χ3n) is 8.27. The molecule has 14 nitrogen and oxygen atoms in total. The molecule has 2 aromatic rings. The molecule has 0 aromatic heterocycles. The van der Waals surface area contributed by atoms with Crippen LogP contribution in [0.2, 0.25) is 0 Å². The van der Waals surface area contributed by atoms with Gasteiger partial charge in [0.1, 0.15) is 41.9 Å². The number of hydrogen-bond donors (Lipinski definition) is 8. The Kier molecular flexibility index (Phi) is 9.13. The highest BCUT2D eigenvalue weighted by atomic mass is 16.7. The van der Waals surface area contributed by atoms with Gasteiger partial charge in [-0.15, -0.1) is 0 Å². The van der Waals surface area contributed by atoms with Gasteiger partial charge in [0.15, 0.2) is 17.8 Å². The van der Waals surface area contributed by atoms with Gasteiger partial charge in [-0.05, 0) is 42.2 Å². The molecule has 0 unspecified atom stereocenters. The summed E-state index contributed by atoms with van der Waals surface area (Å²) in [6.45, 7) is 0.173. The van der Waals surface area contributed by atoms with E-state index in [1.807, 2.05) is 0 Å². The minimum atomic E-state index is -1.94. The highest BCUT2D eigenvalue weighted by Gasteiger charge is 2.50. The molecule has 3 heterocycles. The minimum absolute atomic E-state index is 0.0814. The van der Waals surface area contributed by atoms with Gasteiger partial charge in [-0.1, -0.05) is 18.2 Å². The van der Waals surface area contributed by atoms with E-state index in [2.05, 4.69) is 0 Å². The molecule has 8 N–H and O–H groups in total. The molecule has 0 radical (unpaired) electrons. The van der Waals surface area contributed by atoms with Crippen molar-refractivity contribution in [1.82, 2.24) is 4.90 Å². The van der Waals surface area contributed by atoms with Crippen LogP contribution in [0.5, 0.6) is 17.2 Å². The van der Waals surface area contributed by atoms with Gasteiger partial charge in [-0.2, -0.15) is 0 Å². The largest absolute Gasteiger partial charge is 0.508 e. The second kappa shape index (κ2) is 12.5. The Morgan fingerprint density at radius 2 is 1.74 bits per heavy atom. The fourth-order valence-corrected chi connectivity index (χ4v) is 5.73. The number of aliphatic hydroxyl groups is 6. The zero-order chi connectivity index (χ0) is 31.1. The first-order valence-corrected chi connectivity index (χ1v) is 13.9. The van der Waals surface area contributed by atoms with Gasteiger partial charge in [0, 0.05) is 19.0 Å². The van der Waals surface area contributed by atoms with E-state index in [1.165, 1.54) is 25.1 Å². The lowest BCUT2D eigenvalue weighted by Gasteiger charge is -2.42. The number of hydrogen-bond acceptors (Lipinski definition) is 13. The summed E-state index contributed by atoms with van der Waals surface area (Å²) in [7, 11) is 0. The molecule has 14 heteroatoms. The van der Waals surface area contributed by atoms with Crippen LogP contribution in [-0.2, 0) is 31.8 Å². The number of carbonyl (C=O) groups excluding carboxylic acids is 1. The maximum absolute atomic E-state index is 12.7. The van der Waals surface area contributed by atoms with Crippen molar-refractivity contribution in [2.45, 2.75) is 74.5 Å². The minimum Gasteiger partial charge on any atom is -0.508 e. The Morgan fingerprint density at radius 1 is 1.02 bits per heavy atom. The molecule has 3 aliphatic rings. The number of amides is 1. The van der Waals surface area contributed by atoms with E-state index in [-0.39, 0.29) is 23.2 Å². The van der Waals surface area contributed by atoms with Crippen molar-refractivity contribution in [1.29, 1.82) is 0 Å². The van der Waals surface area contributed by atoms with Crippen LogP contribution >= 0.6 is 0 Å². The molecular weight excluding hydrogens is 570 g/mol. The summed E-state index contributed by atoms with van der Waals surface area (Å²) in [6, 6.07) is 9.01. The predicted octanol–water partition coefficient (Wildman–Crippen LogP) is -1.57. The van der Waals surface area contributed by atoms with Crippen LogP contribution in [0.3, 0.4) is 0 Å². The first kappa shape index (κ1) is 31.4. The SMILES string of the molecule is CC(=O)N1CCc2ccc(O)c(O[C@H]3O[C@@H](CO[C@@H]4OC[C@@](O)(CO)[C@@H]4O)[C@H](O)[C@@H](O)[C@@H]3O)c2[C@@H]1Cc1ccc(O)cc1. The van der Waals surface area contributed by atoms with Gasteiger partial charge < -0.3 is 64.7 Å². The predicted molar refractivity (Wildman–Crippen MR) is 145 cm³/mol. The van der Waals surface area contributed by atoms with Crippen molar-refractivity contribution in [3.63, 3.8) is 0 Å². The summed E-state index contributed by atoms with van der Waals surface area (Å²) in [5.41, 5.74) is 0.116. The van der Waals surface area contributed by atoms with Gasteiger partial charge in [0.25, 0.3) is 0 Å². The first-order chi connectivity index (χ1) is 20.4. The number of aromatic hydroxyl groups is 2. The van der Waals surface area contributed by atoms with Crippen molar-refractivity contribution in [2.75, 3.05) is 26.4 Å². The Balaban J connectivity index is 1.40. The molecule has 2 fully saturated rings. The van der Waals surface area contributed by atoms with Crippen molar-refractivity contribution >= 4 is 5.91 Å². The molecule has 236 valence electrons. The normalized spacial score (nSPS) is 34.2. The van der Waals surface area contributed by atoms with Gasteiger partial charge in [0.05, 0.1) is 25.9 Å². The topological polar surface area (TPSA) is 219 Å². The average Bonchev–Trinajstić information content (AvgIpc) is 3.28. The van der Waals surface area contributed by atoms with Crippen molar-refractivity contribution < 1.29 is 64.6 Å². The fourth-order valence-electron chi connectivity index (χ4n) is 5.73. The van der Waals surface area contributed by atoms with Gasteiger partial charge in [0.2, 0.25) is 12.2 Å². The Labute approximate surface area is 246 Å². The molecule has 2 saturated heterocycles. The smallest absolute Gasteiger partial charge is 0.229 e. The standard InChI is InChI=1S/C29H37NO13/c1-14(32)30-9-8-16-4-7-19(34)25(21(16)18(30)10-15-2-5-17(33)6-3-15)43-27-24(37)23(36)22(35)20(42-27)11-40-28-26(38)29(39,12-31)13-41-28/h2-7,18,20,22-24,26-28,31,33-39H,8-13H2,1H3/t18-,20-,22-,23+,24-,26+,27+,28+,29-/m0/s1.